The van der Waals surface area contributed by atoms with Crippen LogP contribution in [0.4, 0.5) is 0 Å². The SMILES string of the molecule is O=C(O)c1cnsc1COc1ccccc1O. The number of carboxylic acids is 1. The monoisotopic (exact) mass is 251 g/mol. The van der Waals surface area contributed by atoms with Gasteiger partial charge in [0.15, 0.2) is 11.5 Å². The lowest BCUT2D eigenvalue weighted by atomic mass is 10.3. The normalized spacial score (nSPS) is 10.1. The number of carboxylic acid groups (broad SMARTS) is 1. The fourth-order valence-corrected chi connectivity index (χ4v) is 1.90. The molecule has 0 saturated carbocycles. The van der Waals surface area contributed by atoms with Gasteiger partial charge in [0.2, 0.25) is 0 Å². The molecule has 2 rings (SSSR count). The molecule has 5 nitrogen and oxygen atoms in total. The molecule has 0 saturated heterocycles. The lowest BCUT2D eigenvalue weighted by Gasteiger charge is -2.06. The van der Waals surface area contributed by atoms with Crippen molar-refractivity contribution in [1.29, 1.82) is 0 Å². The van der Waals surface area contributed by atoms with Crippen LogP contribution in [0.2, 0.25) is 0 Å². The number of carbonyl (C=O) groups is 1. The van der Waals surface area contributed by atoms with Crippen molar-refractivity contribution in [3.05, 3.63) is 40.9 Å². The predicted octanol–water partition coefficient (Wildman–Crippen LogP) is 2.13. The number of benzene rings is 1. The van der Waals surface area contributed by atoms with E-state index in [0.29, 0.717) is 10.6 Å². The Balaban J connectivity index is 2.10. The third-order valence-electron chi connectivity index (χ3n) is 2.10. The Labute approximate surface area is 101 Å². The summed E-state index contributed by atoms with van der Waals surface area (Å²) in [7, 11) is 0. The first-order valence-electron chi connectivity index (χ1n) is 4.76. The number of aromatic hydroxyl groups is 1. The second-order valence-corrected chi connectivity index (χ2v) is 4.11. The minimum atomic E-state index is -1.03. The van der Waals surface area contributed by atoms with Gasteiger partial charge >= 0.3 is 5.97 Å². The number of ether oxygens (including phenoxy) is 1. The van der Waals surface area contributed by atoms with E-state index >= 15 is 0 Å². The summed E-state index contributed by atoms with van der Waals surface area (Å²) in [6.07, 6.45) is 1.29. The number of rotatable bonds is 4. The first kappa shape index (κ1) is 11.4. The molecular formula is C11H9NO4S. The number of hydrogen-bond acceptors (Lipinski definition) is 5. The number of phenolic OH excluding ortho intramolecular Hbond substituents is 1. The largest absolute Gasteiger partial charge is 0.504 e. The Hall–Kier alpha value is -2.08. The van der Waals surface area contributed by atoms with Crippen LogP contribution >= 0.6 is 11.5 Å². The molecule has 2 aromatic rings. The van der Waals surface area contributed by atoms with E-state index in [1.54, 1.807) is 18.2 Å². The zero-order valence-corrected chi connectivity index (χ0v) is 9.48. The molecule has 6 heteroatoms. The van der Waals surface area contributed by atoms with Gasteiger partial charge in [-0.2, -0.15) is 4.37 Å². The van der Waals surface area contributed by atoms with Crippen LogP contribution < -0.4 is 4.74 Å². The highest BCUT2D eigenvalue weighted by molar-refractivity contribution is 7.06. The minimum Gasteiger partial charge on any atom is -0.504 e. The van der Waals surface area contributed by atoms with E-state index in [-0.39, 0.29) is 17.9 Å². The van der Waals surface area contributed by atoms with Gasteiger partial charge in [-0.3, -0.25) is 0 Å². The topological polar surface area (TPSA) is 79.7 Å². The lowest BCUT2D eigenvalue weighted by molar-refractivity contribution is 0.0694. The van der Waals surface area contributed by atoms with Crippen molar-refractivity contribution >= 4 is 17.5 Å². The van der Waals surface area contributed by atoms with Gasteiger partial charge in [-0.05, 0) is 23.7 Å². The Morgan fingerprint density at radius 3 is 2.88 bits per heavy atom. The molecule has 0 bridgehead atoms. The Morgan fingerprint density at radius 1 is 1.41 bits per heavy atom. The van der Waals surface area contributed by atoms with Gasteiger partial charge in [-0.1, -0.05) is 12.1 Å². The molecule has 0 amide bonds. The predicted molar refractivity (Wildman–Crippen MR) is 61.5 cm³/mol. The maximum Gasteiger partial charge on any atom is 0.338 e. The minimum absolute atomic E-state index is 0.0221. The molecular weight excluding hydrogens is 242 g/mol. The van der Waals surface area contributed by atoms with Gasteiger partial charge in [0, 0.05) is 0 Å². The number of para-hydroxylation sites is 2. The standard InChI is InChI=1S/C11H9NO4S/c13-8-3-1-2-4-9(8)16-6-10-7(11(14)15)5-12-17-10/h1-5,13H,6H2,(H,14,15). The van der Waals surface area contributed by atoms with E-state index in [9.17, 15) is 9.90 Å². The van der Waals surface area contributed by atoms with E-state index in [0.717, 1.165) is 11.5 Å². The second kappa shape index (κ2) is 4.84. The van der Waals surface area contributed by atoms with Crippen LogP contribution in [0.15, 0.2) is 30.5 Å². The summed E-state index contributed by atoms with van der Waals surface area (Å²) in [6.45, 7) is 0.0733. The Bertz CT molecular complexity index is 538. The number of nitrogens with zero attached hydrogens (tertiary/aromatic N) is 1. The fraction of sp³-hybridized carbons (Fsp3) is 0.0909. The maximum atomic E-state index is 10.8. The van der Waals surface area contributed by atoms with Crippen LogP contribution in [-0.4, -0.2) is 20.6 Å². The zero-order chi connectivity index (χ0) is 12.3. The molecule has 17 heavy (non-hydrogen) atoms. The van der Waals surface area contributed by atoms with Gasteiger partial charge in [0.25, 0.3) is 0 Å². The molecule has 2 N–H and O–H groups in total. The molecule has 88 valence electrons. The van der Waals surface area contributed by atoms with E-state index in [2.05, 4.69) is 4.37 Å². The smallest absolute Gasteiger partial charge is 0.338 e. The highest BCUT2D eigenvalue weighted by Gasteiger charge is 2.13. The quantitative estimate of drug-likeness (QED) is 0.870. The van der Waals surface area contributed by atoms with E-state index in [1.165, 1.54) is 12.3 Å². The maximum absolute atomic E-state index is 10.8. The van der Waals surface area contributed by atoms with Crippen molar-refractivity contribution in [2.45, 2.75) is 6.61 Å². The van der Waals surface area contributed by atoms with Crippen LogP contribution in [0.3, 0.4) is 0 Å². The fourth-order valence-electron chi connectivity index (χ4n) is 1.26. The second-order valence-electron chi connectivity index (χ2n) is 3.22. The van der Waals surface area contributed by atoms with Gasteiger partial charge in [-0.15, -0.1) is 0 Å². The first-order valence-corrected chi connectivity index (χ1v) is 5.53. The van der Waals surface area contributed by atoms with Gasteiger partial charge < -0.3 is 14.9 Å². The molecule has 1 aromatic carbocycles. The molecule has 1 heterocycles. The number of phenols is 1. The summed E-state index contributed by atoms with van der Waals surface area (Å²) in [4.78, 5) is 11.3. The van der Waals surface area contributed by atoms with Crippen LogP contribution in [0, 0.1) is 0 Å². The van der Waals surface area contributed by atoms with Gasteiger partial charge in [0.05, 0.1) is 16.6 Å². The molecule has 0 aliphatic carbocycles. The zero-order valence-electron chi connectivity index (χ0n) is 8.66. The summed E-state index contributed by atoms with van der Waals surface area (Å²) in [5.41, 5.74) is 0.130. The van der Waals surface area contributed by atoms with E-state index in [1.807, 2.05) is 0 Å². The molecule has 1 aromatic heterocycles. The van der Waals surface area contributed by atoms with Crippen molar-refractivity contribution < 1.29 is 19.7 Å². The Kier molecular flexibility index (Phi) is 3.24. The van der Waals surface area contributed by atoms with Crippen molar-refractivity contribution in [2.24, 2.45) is 0 Å². The number of aromatic nitrogens is 1. The van der Waals surface area contributed by atoms with Crippen LogP contribution in [-0.2, 0) is 6.61 Å². The van der Waals surface area contributed by atoms with Crippen molar-refractivity contribution in [3.8, 4) is 11.5 Å². The average molecular weight is 251 g/mol. The first-order chi connectivity index (χ1) is 8.18. The highest BCUT2D eigenvalue weighted by atomic mass is 32.1. The average Bonchev–Trinajstić information content (AvgIpc) is 2.76. The molecule has 0 fully saturated rings. The van der Waals surface area contributed by atoms with E-state index < -0.39 is 5.97 Å². The van der Waals surface area contributed by atoms with Gasteiger partial charge in [0.1, 0.15) is 6.61 Å². The molecule has 0 unspecified atom stereocenters. The van der Waals surface area contributed by atoms with E-state index in [4.69, 9.17) is 9.84 Å². The number of hydrogen-bond donors (Lipinski definition) is 2. The lowest BCUT2D eigenvalue weighted by Crippen LogP contribution is -2.01. The van der Waals surface area contributed by atoms with Crippen LogP contribution in [0.1, 0.15) is 15.2 Å². The van der Waals surface area contributed by atoms with Crippen molar-refractivity contribution in [1.82, 2.24) is 4.37 Å². The summed E-state index contributed by atoms with van der Waals surface area (Å²) in [5.74, 6) is -0.694. The Morgan fingerprint density at radius 2 is 2.18 bits per heavy atom. The summed E-state index contributed by atoms with van der Waals surface area (Å²) < 4.78 is 9.13. The number of aromatic carboxylic acids is 1. The third kappa shape index (κ3) is 2.54. The van der Waals surface area contributed by atoms with Gasteiger partial charge in [-0.25, -0.2) is 4.79 Å². The van der Waals surface area contributed by atoms with Crippen molar-refractivity contribution in [3.63, 3.8) is 0 Å². The molecule has 0 aliphatic rings. The van der Waals surface area contributed by atoms with Crippen LogP contribution in [0.25, 0.3) is 0 Å². The highest BCUT2D eigenvalue weighted by Crippen LogP contribution is 2.26. The summed E-state index contributed by atoms with van der Waals surface area (Å²) in [6, 6.07) is 6.51. The molecule has 0 spiro atoms. The van der Waals surface area contributed by atoms with Crippen LogP contribution in [0.5, 0.6) is 11.5 Å². The molecule has 0 aliphatic heterocycles. The third-order valence-corrected chi connectivity index (χ3v) is 2.87. The summed E-state index contributed by atoms with van der Waals surface area (Å²) >= 11 is 1.07. The summed E-state index contributed by atoms with van der Waals surface area (Å²) in [5, 5.41) is 18.3. The molecule has 0 radical (unpaired) electrons. The molecule has 0 atom stereocenters. The van der Waals surface area contributed by atoms with Crippen molar-refractivity contribution in [2.75, 3.05) is 0 Å².